The Hall–Kier alpha value is -0.440. The quantitative estimate of drug-likeness (QED) is 0.781. The van der Waals surface area contributed by atoms with E-state index < -0.39 is 0 Å². The number of benzene rings is 1. The van der Waals surface area contributed by atoms with Crippen molar-refractivity contribution in [2.45, 2.75) is 25.9 Å². The minimum Gasteiger partial charge on any atom is -0.493 e. The summed E-state index contributed by atoms with van der Waals surface area (Å²) in [5.41, 5.74) is 2.38. The van der Waals surface area contributed by atoms with Crippen LogP contribution in [0.3, 0.4) is 0 Å². The number of halogens is 2. The van der Waals surface area contributed by atoms with Crippen LogP contribution in [0.2, 0.25) is 5.02 Å². The van der Waals surface area contributed by atoms with Gasteiger partial charge in [-0.1, -0.05) is 11.6 Å². The summed E-state index contributed by atoms with van der Waals surface area (Å²) in [6, 6.07) is 4.33. The number of rotatable bonds is 4. The smallest absolute Gasteiger partial charge is 0.127 e. The molecule has 0 amide bonds. The minimum atomic E-state index is 0.340. The van der Waals surface area contributed by atoms with Gasteiger partial charge in [-0.2, -0.15) is 0 Å². The Balaban J connectivity index is 2.21. The van der Waals surface area contributed by atoms with Gasteiger partial charge in [0.2, 0.25) is 0 Å². The molecule has 0 N–H and O–H groups in total. The van der Waals surface area contributed by atoms with E-state index in [4.69, 9.17) is 27.9 Å². The first-order chi connectivity index (χ1) is 8.11. The third-order valence-electron chi connectivity index (χ3n) is 3.22. The molecular weight excluding hydrogens is 257 g/mol. The first kappa shape index (κ1) is 13.0. The van der Waals surface area contributed by atoms with Crippen LogP contribution in [0.15, 0.2) is 12.1 Å². The van der Waals surface area contributed by atoms with Gasteiger partial charge < -0.3 is 4.74 Å². The lowest BCUT2D eigenvalue weighted by molar-refractivity contribution is 0.262. The molecule has 1 aliphatic heterocycles. The van der Waals surface area contributed by atoms with Gasteiger partial charge in [0.25, 0.3) is 0 Å². The number of hydrogen-bond acceptors (Lipinski definition) is 2. The molecule has 0 aliphatic carbocycles. The number of nitrogens with zero attached hydrogens (tertiary/aromatic N) is 1. The fourth-order valence-corrected chi connectivity index (χ4v) is 2.50. The topological polar surface area (TPSA) is 12.5 Å². The average Bonchev–Trinajstić information content (AvgIpc) is 2.75. The highest BCUT2D eigenvalue weighted by Crippen LogP contribution is 2.33. The van der Waals surface area contributed by atoms with Crippen molar-refractivity contribution in [1.29, 1.82) is 0 Å². The molecule has 17 heavy (non-hydrogen) atoms. The normalized spacial score (nSPS) is 15.8. The maximum Gasteiger partial charge on any atom is 0.127 e. The molecule has 1 aromatic carbocycles. The summed E-state index contributed by atoms with van der Waals surface area (Å²) >= 11 is 12.0. The second-order valence-corrected chi connectivity index (χ2v) is 5.32. The van der Waals surface area contributed by atoms with Crippen LogP contribution in [-0.2, 0) is 13.0 Å². The van der Waals surface area contributed by atoms with E-state index in [-0.39, 0.29) is 0 Å². The van der Waals surface area contributed by atoms with Crippen LogP contribution in [0.5, 0.6) is 5.75 Å². The summed E-state index contributed by atoms with van der Waals surface area (Å²) in [5, 5.41) is 0.788. The van der Waals surface area contributed by atoms with Gasteiger partial charge in [0.15, 0.2) is 0 Å². The van der Waals surface area contributed by atoms with E-state index in [1.165, 1.54) is 5.56 Å². The summed E-state index contributed by atoms with van der Waals surface area (Å²) in [6.45, 7) is 3.69. The largest absolute Gasteiger partial charge is 0.493 e. The van der Waals surface area contributed by atoms with Crippen LogP contribution in [0.25, 0.3) is 0 Å². The van der Waals surface area contributed by atoms with Crippen molar-refractivity contribution in [3.8, 4) is 5.75 Å². The maximum atomic E-state index is 6.13. The van der Waals surface area contributed by atoms with E-state index in [9.17, 15) is 0 Å². The van der Waals surface area contributed by atoms with Gasteiger partial charge in [0.05, 0.1) is 6.61 Å². The predicted molar refractivity (Wildman–Crippen MR) is 72.3 cm³/mol. The highest BCUT2D eigenvalue weighted by Gasteiger charge is 2.19. The van der Waals surface area contributed by atoms with E-state index in [0.717, 1.165) is 35.9 Å². The number of ether oxygens (including phenoxy) is 1. The average molecular weight is 274 g/mol. The summed E-state index contributed by atoms with van der Waals surface area (Å²) in [7, 11) is 2.06. The van der Waals surface area contributed by atoms with Crippen molar-refractivity contribution >= 4 is 23.2 Å². The molecular formula is C13H17Cl2NO. The van der Waals surface area contributed by atoms with Crippen molar-refractivity contribution in [2.24, 2.45) is 0 Å². The lowest BCUT2D eigenvalue weighted by Gasteiger charge is -2.23. The first-order valence-corrected chi connectivity index (χ1v) is 6.73. The molecule has 1 atom stereocenters. The second kappa shape index (κ2) is 5.47. The summed E-state index contributed by atoms with van der Waals surface area (Å²) in [4.78, 5) is 2.21. The summed E-state index contributed by atoms with van der Waals surface area (Å²) in [5.74, 6) is 1.64. The lowest BCUT2D eigenvalue weighted by Crippen LogP contribution is -2.29. The number of alkyl halides is 1. The molecule has 0 bridgehead atoms. The SMILES string of the molecule is CC(CCl)N(C)Cc1cc(Cl)cc2c1OCC2. The first-order valence-electron chi connectivity index (χ1n) is 5.82. The molecule has 2 rings (SSSR count). The zero-order valence-corrected chi connectivity index (χ0v) is 11.7. The Kier molecular flexibility index (Phi) is 4.18. The molecule has 2 nitrogen and oxygen atoms in total. The van der Waals surface area contributed by atoms with E-state index >= 15 is 0 Å². The monoisotopic (exact) mass is 273 g/mol. The van der Waals surface area contributed by atoms with Gasteiger partial charge >= 0.3 is 0 Å². The van der Waals surface area contributed by atoms with Crippen molar-refractivity contribution in [3.05, 3.63) is 28.3 Å². The highest BCUT2D eigenvalue weighted by molar-refractivity contribution is 6.30. The highest BCUT2D eigenvalue weighted by atomic mass is 35.5. The van der Waals surface area contributed by atoms with Crippen LogP contribution in [-0.4, -0.2) is 30.5 Å². The molecule has 0 aromatic heterocycles. The molecule has 1 aromatic rings. The van der Waals surface area contributed by atoms with Crippen molar-refractivity contribution < 1.29 is 4.74 Å². The van der Waals surface area contributed by atoms with E-state index in [0.29, 0.717) is 11.9 Å². The summed E-state index contributed by atoms with van der Waals surface area (Å²) < 4.78 is 5.68. The molecule has 94 valence electrons. The molecule has 0 saturated carbocycles. The van der Waals surface area contributed by atoms with Gasteiger partial charge in [-0.15, -0.1) is 11.6 Å². The molecule has 0 spiro atoms. The summed E-state index contributed by atoms with van der Waals surface area (Å²) in [6.07, 6.45) is 0.956. The molecule has 0 radical (unpaired) electrons. The second-order valence-electron chi connectivity index (χ2n) is 4.57. The van der Waals surface area contributed by atoms with Crippen LogP contribution >= 0.6 is 23.2 Å². The van der Waals surface area contributed by atoms with E-state index in [1.807, 2.05) is 12.1 Å². The van der Waals surface area contributed by atoms with Crippen molar-refractivity contribution in [1.82, 2.24) is 4.90 Å². The molecule has 1 unspecified atom stereocenters. The minimum absolute atomic E-state index is 0.340. The van der Waals surface area contributed by atoms with Crippen LogP contribution in [0, 0.1) is 0 Å². The third-order valence-corrected chi connectivity index (χ3v) is 3.89. The van der Waals surface area contributed by atoms with Crippen molar-refractivity contribution in [2.75, 3.05) is 19.5 Å². The zero-order chi connectivity index (χ0) is 12.4. The Morgan fingerprint density at radius 2 is 2.24 bits per heavy atom. The Morgan fingerprint density at radius 3 is 2.94 bits per heavy atom. The standard InChI is InChI=1S/C13H17Cl2NO/c1-9(7-14)16(2)8-11-6-12(15)5-10-3-4-17-13(10)11/h5-6,9H,3-4,7-8H2,1-2H3. The molecule has 0 fully saturated rings. The molecule has 1 heterocycles. The number of hydrogen-bond donors (Lipinski definition) is 0. The Bertz CT molecular complexity index is 409. The Labute approximate surface area is 112 Å². The number of fused-ring (bicyclic) bond motifs is 1. The van der Waals surface area contributed by atoms with E-state index in [1.54, 1.807) is 0 Å². The molecule has 4 heteroatoms. The molecule has 0 saturated heterocycles. The Morgan fingerprint density at radius 1 is 1.47 bits per heavy atom. The predicted octanol–water partition coefficient (Wildman–Crippen LogP) is 3.33. The zero-order valence-electron chi connectivity index (χ0n) is 10.2. The third kappa shape index (κ3) is 2.87. The lowest BCUT2D eigenvalue weighted by atomic mass is 10.1. The fourth-order valence-electron chi connectivity index (χ4n) is 2.01. The fraction of sp³-hybridized carbons (Fsp3) is 0.538. The van der Waals surface area contributed by atoms with Crippen LogP contribution < -0.4 is 4.74 Å². The van der Waals surface area contributed by atoms with Gasteiger partial charge in [-0.25, -0.2) is 0 Å². The van der Waals surface area contributed by atoms with Crippen molar-refractivity contribution in [3.63, 3.8) is 0 Å². The van der Waals surface area contributed by atoms with E-state index in [2.05, 4.69) is 18.9 Å². The van der Waals surface area contributed by atoms with Gasteiger partial charge in [0, 0.05) is 35.5 Å². The van der Waals surface area contributed by atoms with Gasteiger partial charge in [-0.3, -0.25) is 4.90 Å². The van der Waals surface area contributed by atoms with Gasteiger partial charge in [0.1, 0.15) is 5.75 Å². The maximum absolute atomic E-state index is 6.13. The van der Waals surface area contributed by atoms with Gasteiger partial charge in [-0.05, 0) is 31.7 Å². The van der Waals surface area contributed by atoms with Crippen LogP contribution in [0.4, 0.5) is 0 Å². The molecule has 1 aliphatic rings. The van der Waals surface area contributed by atoms with Crippen LogP contribution in [0.1, 0.15) is 18.1 Å².